The molecule has 3 nitrogen and oxygen atoms in total. The van der Waals surface area contributed by atoms with Crippen LogP contribution in [0.2, 0.25) is 0 Å². The molecule has 1 heterocycles. The van der Waals surface area contributed by atoms with Gasteiger partial charge in [-0.15, -0.1) is 11.6 Å². The van der Waals surface area contributed by atoms with Gasteiger partial charge in [-0.05, 0) is 37.8 Å². The lowest BCUT2D eigenvalue weighted by Gasteiger charge is -2.09. The van der Waals surface area contributed by atoms with Crippen LogP contribution in [-0.4, -0.2) is 22.8 Å². The van der Waals surface area contributed by atoms with E-state index in [4.69, 9.17) is 11.6 Å². The average Bonchev–Trinajstić information content (AvgIpc) is 3.10. The van der Waals surface area contributed by atoms with Crippen LogP contribution in [0.4, 0.5) is 0 Å². The molecule has 1 amide bonds. The number of carbonyl (C=O) groups is 1. The number of pyridine rings is 1. The second-order valence-corrected chi connectivity index (χ2v) is 4.81. The van der Waals surface area contributed by atoms with Crippen molar-refractivity contribution in [1.82, 2.24) is 10.3 Å². The van der Waals surface area contributed by atoms with Crippen LogP contribution in [0.25, 0.3) is 0 Å². The van der Waals surface area contributed by atoms with Crippen LogP contribution < -0.4 is 5.32 Å². The highest BCUT2D eigenvalue weighted by Crippen LogP contribution is 2.35. The molecule has 1 fully saturated rings. The number of aromatic nitrogens is 1. The van der Waals surface area contributed by atoms with Gasteiger partial charge in [-0.3, -0.25) is 9.78 Å². The van der Waals surface area contributed by atoms with Crippen molar-refractivity contribution in [3.05, 3.63) is 29.6 Å². The van der Waals surface area contributed by atoms with Gasteiger partial charge in [0.15, 0.2) is 0 Å². The molecule has 0 aliphatic heterocycles. The van der Waals surface area contributed by atoms with Crippen LogP contribution >= 0.6 is 11.6 Å². The maximum absolute atomic E-state index is 11.7. The number of nitrogens with one attached hydrogen (secondary N) is 1. The Morgan fingerprint density at radius 3 is 2.94 bits per heavy atom. The Labute approximate surface area is 100 Å². The maximum Gasteiger partial charge on any atom is 0.252 e. The maximum atomic E-state index is 11.7. The molecule has 0 bridgehead atoms. The van der Waals surface area contributed by atoms with Crippen molar-refractivity contribution in [2.45, 2.75) is 25.1 Å². The first kappa shape index (κ1) is 11.4. The van der Waals surface area contributed by atoms with Crippen molar-refractivity contribution >= 4 is 17.5 Å². The molecule has 16 heavy (non-hydrogen) atoms. The summed E-state index contributed by atoms with van der Waals surface area (Å²) in [6.45, 7) is 2.43. The van der Waals surface area contributed by atoms with E-state index in [9.17, 15) is 4.79 Å². The van der Waals surface area contributed by atoms with E-state index in [0.717, 1.165) is 5.69 Å². The van der Waals surface area contributed by atoms with E-state index in [2.05, 4.69) is 10.3 Å². The zero-order valence-corrected chi connectivity index (χ0v) is 10.00. The van der Waals surface area contributed by atoms with E-state index in [-0.39, 0.29) is 11.3 Å². The Morgan fingerprint density at radius 2 is 2.38 bits per heavy atom. The molecule has 0 radical (unpaired) electrons. The second-order valence-electron chi connectivity index (χ2n) is 4.25. The van der Waals surface area contributed by atoms with Gasteiger partial charge in [-0.2, -0.15) is 0 Å². The molecule has 1 aromatic heterocycles. The van der Waals surface area contributed by atoms with E-state index in [1.165, 1.54) is 12.8 Å². The fourth-order valence-corrected chi connectivity index (χ4v) is 1.85. The molecule has 1 N–H and O–H groups in total. The van der Waals surface area contributed by atoms with Gasteiger partial charge in [0.05, 0.1) is 10.9 Å². The van der Waals surface area contributed by atoms with Gasteiger partial charge in [-0.25, -0.2) is 0 Å². The minimum atomic E-state index is -0.0983. The number of aryl methyl sites for hydroxylation is 1. The van der Waals surface area contributed by atoms with Gasteiger partial charge in [0.1, 0.15) is 0 Å². The lowest BCUT2D eigenvalue weighted by Crippen LogP contribution is -2.30. The van der Waals surface area contributed by atoms with Crippen LogP contribution in [0.15, 0.2) is 18.3 Å². The summed E-state index contributed by atoms with van der Waals surface area (Å²) in [7, 11) is 0. The van der Waals surface area contributed by atoms with Gasteiger partial charge >= 0.3 is 0 Å². The summed E-state index contributed by atoms with van der Waals surface area (Å²) in [6, 6.07) is 3.60. The molecule has 0 saturated heterocycles. The monoisotopic (exact) mass is 238 g/mol. The molecule has 86 valence electrons. The minimum absolute atomic E-state index is 0.0716. The van der Waals surface area contributed by atoms with Crippen molar-refractivity contribution in [2.24, 2.45) is 5.92 Å². The summed E-state index contributed by atoms with van der Waals surface area (Å²) >= 11 is 6.10. The molecule has 1 atom stereocenters. The van der Waals surface area contributed by atoms with Crippen molar-refractivity contribution in [3.8, 4) is 0 Å². The summed E-state index contributed by atoms with van der Waals surface area (Å²) in [6.07, 6.45) is 3.97. The van der Waals surface area contributed by atoms with E-state index >= 15 is 0 Å². The number of amides is 1. The average molecular weight is 239 g/mol. The molecular formula is C12H15ClN2O. The van der Waals surface area contributed by atoms with E-state index in [0.29, 0.717) is 18.0 Å². The van der Waals surface area contributed by atoms with Crippen LogP contribution in [-0.2, 0) is 0 Å². The predicted octanol–water partition coefficient (Wildman–Crippen LogP) is 2.14. The fourth-order valence-electron chi connectivity index (χ4n) is 1.52. The predicted molar refractivity (Wildman–Crippen MR) is 63.7 cm³/mol. The Bertz CT molecular complexity index is 373. The minimum Gasteiger partial charge on any atom is -0.350 e. The molecule has 1 aliphatic carbocycles. The van der Waals surface area contributed by atoms with Gasteiger partial charge in [-0.1, -0.05) is 0 Å². The molecule has 1 saturated carbocycles. The molecule has 0 spiro atoms. The molecule has 2 rings (SSSR count). The number of hydrogen-bond acceptors (Lipinski definition) is 2. The summed E-state index contributed by atoms with van der Waals surface area (Å²) in [5, 5.41) is 2.90. The third-order valence-electron chi connectivity index (χ3n) is 2.76. The summed E-state index contributed by atoms with van der Waals surface area (Å²) in [5.74, 6) is 0.497. The molecule has 1 unspecified atom stereocenters. The Balaban J connectivity index is 1.85. The molecule has 1 aliphatic rings. The van der Waals surface area contributed by atoms with Gasteiger partial charge in [0.25, 0.3) is 5.91 Å². The molecule has 1 aromatic rings. The second kappa shape index (κ2) is 4.83. The van der Waals surface area contributed by atoms with Crippen LogP contribution in [0.1, 0.15) is 28.9 Å². The standard InChI is InChI=1S/C12H15ClN2O/c1-8-2-3-10(6-14-8)12(16)15-7-11(13)9-4-5-9/h2-3,6,9,11H,4-5,7H2,1H3,(H,15,16). The largest absolute Gasteiger partial charge is 0.350 e. The molecular weight excluding hydrogens is 224 g/mol. The molecule has 4 heteroatoms. The summed E-state index contributed by atoms with van der Waals surface area (Å²) in [5.41, 5.74) is 1.50. The van der Waals surface area contributed by atoms with Crippen LogP contribution in [0.5, 0.6) is 0 Å². The van der Waals surface area contributed by atoms with Gasteiger partial charge in [0.2, 0.25) is 0 Å². The van der Waals surface area contributed by atoms with E-state index in [1.807, 2.05) is 13.0 Å². The highest BCUT2D eigenvalue weighted by molar-refractivity contribution is 6.21. The Hall–Kier alpha value is -1.09. The highest BCUT2D eigenvalue weighted by Gasteiger charge is 2.29. The lowest BCUT2D eigenvalue weighted by molar-refractivity contribution is 0.0952. The quantitative estimate of drug-likeness (QED) is 0.817. The number of nitrogens with zero attached hydrogens (tertiary/aromatic N) is 1. The Kier molecular flexibility index (Phi) is 3.44. The number of alkyl halides is 1. The third kappa shape index (κ3) is 2.95. The van der Waals surface area contributed by atoms with Crippen molar-refractivity contribution in [3.63, 3.8) is 0 Å². The SMILES string of the molecule is Cc1ccc(C(=O)NCC(Cl)C2CC2)cn1. The smallest absolute Gasteiger partial charge is 0.252 e. The van der Waals surface area contributed by atoms with Crippen LogP contribution in [0, 0.1) is 12.8 Å². The van der Waals surface area contributed by atoms with E-state index in [1.54, 1.807) is 12.3 Å². The van der Waals surface area contributed by atoms with Crippen molar-refractivity contribution in [1.29, 1.82) is 0 Å². The number of halogens is 1. The van der Waals surface area contributed by atoms with Gasteiger partial charge in [0, 0.05) is 18.4 Å². The zero-order valence-electron chi connectivity index (χ0n) is 9.24. The topological polar surface area (TPSA) is 42.0 Å². The first-order valence-corrected chi connectivity index (χ1v) is 5.95. The number of carbonyl (C=O) groups excluding carboxylic acids is 1. The first-order chi connectivity index (χ1) is 7.66. The van der Waals surface area contributed by atoms with Crippen LogP contribution in [0.3, 0.4) is 0 Å². The van der Waals surface area contributed by atoms with Gasteiger partial charge < -0.3 is 5.32 Å². The van der Waals surface area contributed by atoms with Crippen molar-refractivity contribution < 1.29 is 4.79 Å². The summed E-state index contributed by atoms with van der Waals surface area (Å²) in [4.78, 5) is 15.8. The normalized spacial score (nSPS) is 16.9. The fraction of sp³-hybridized carbons (Fsp3) is 0.500. The summed E-state index contributed by atoms with van der Waals surface area (Å²) < 4.78 is 0. The third-order valence-corrected chi connectivity index (χ3v) is 3.28. The highest BCUT2D eigenvalue weighted by atomic mass is 35.5. The number of hydrogen-bond donors (Lipinski definition) is 1. The van der Waals surface area contributed by atoms with Crippen molar-refractivity contribution in [2.75, 3.05) is 6.54 Å². The first-order valence-electron chi connectivity index (χ1n) is 5.52. The zero-order chi connectivity index (χ0) is 11.5. The van der Waals surface area contributed by atoms with E-state index < -0.39 is 0 Å². The number of rotatable bonds is 4. The molecule has 0 aromatic carbocycles. The lowest BCUT2D eigenvalue weighted by atomic mass is 10.2. The Morgan fingerprint density at radius 1 is 1.62 bits per heavy atom.